The minimum atomic E-state index is -0.783. The van der Waals surface area contributed by atoms with Crippen molar-refractivity contribution in [1.82, 2.24) is 0 Å². The Hall–Kier alpha value is -2.89. The molecule has 0 rings (SSSR count). The SMILES string of the molecule is CC/C=C\C/C=C\C/C=C\C/C=C\CCCCCCC(=O)OCC(COC(=O)CCCCCCCCCCC)OC(=O)CCCCCCC/C=C\CCC. The van der Waals surface area contributed by atoms with E-state index in [1.54, 1.807) is 0 Å². The number of rotatable bonds is 39. The standard InChI is InChI=1S/C48H82O6/c1-4-7-10-13-16-19-21-22-23-24-25-26-27-30-32-35-38-41-47(50)53-44-45(43-52-46(49)40-37-34-31-28-18-15-12-9-6-3)54-48(51)42-39-36-33-29-20-17-14-11-8-5-2/h7,10-11,14,16,19,22-23,25-26,45H,4-6,8-9,12-13,15,17-18,20-21,24,27-44H2,1-3H3/b10-7-,14-11-,19-16-,23-22-,26-25-. The van der Waals surface area contributed by atoms with Gasteiger partial charge in [0, 0.05) is 19.3 Å². The van der Waals surface area contributed by atoms with Gasteiger partial charge in [-0.15, -0.1) is 0 Å². The summed E-state index contributed by atoms with van der Waals surface area (Å²) >= 11 is 0. The highest BCUT2D eigenvalue weighted by Crippen LogP contribution is 2.13. The second-order valence-corrected chi connectivity index (χ2v) is 14.6. The van der Waals surface area contributed by atoms with Gasteiger partial charge < -0.3 is 14.2 Å². The molecule has 0 spiro atoms. The predicted molar refractivity (Wildman–Crippen MR) is 228 cm³/mol. The van der Waals surface area contributed by atoms with Crippen molar-refractivity contribution in [2.45, 2.75) is 213 Å². The molecule has 0 aliphatic carbocycles. The first-order chi connectivity index (χ1) is 26.5. The minimum Gasteiger partial charge on any atom is -0.462 e. The Kier molecular flexibility index (Phi) is 40.6. The van der Waals surface area contributed by atoms with Gasteiger partial charge in [-0.05, 0) is 77.0 Å². The molecular formula is C48H82O6. The summed E-state index contributed by atoms with van der Waals surface area (Å²) in [6.07, 6.45) is 50.6. The average molecular weight is 755 g/mol. The smallest absolute Gasteiger partial charge is 0.306 e. The summed E-state index contributed by atoms with van der Waals surface area (Å²) in [5.74, 6) is -0.928. The van der Waals surface area contributed by atoms with Crippen LogP contribution in [-0.2, 0) is 28.6 Å². The van der Waals surface area contributed by atoms with Gasteiger partial charge in [-0.3, -0.25) is 14.4 Å². The van der Waals surface area contributed by atoms with Crippen LogP contribution in [0.3, 0.4) is 0 Å². The van der Waals surface area contributed by atoms with Crippen LogP contribution >= 0.6 is 0 Å². The molecule has 0 amide bonds. The van der Waals surface area contributed by atoms with E-state index in [0.717, 1.165) is 116 Å². The third-order valence-corrected chi connectivity index (χ3v) is 9.24. The highest BCUT2D eigenvalue weighted by atomic mass is 16.6. The molecule has 310 valence electrons. The lowest BCUT2D eigenvalue weighted by Gasteiger charge is -2.18. The average Bonchev–Trinajstić information content (AvgIpc) is 3.17. The lowest BCUT2D eigenvalue weighted by molar-refractivity contribution is -0.167. The fourth-order valence-electron chi connectivity index (χ4n) is 5.90. The van der Waals surface area contributed by atoms with Crippen LogP contribution in [0.2, 0.25) is 0 Å². The molecule has 0 bridgehead atoms. The largest absolute Gasteiger partial charge is 0.462 e. The molecule has 0 fully saturated rings. The van der Waals surface area contributed by atoms with Crippen molar-refractivity contribution in [2.24, 2.45) is 0 Å². The summed E-state index contributed by atoms with van der Waals surface area (Å²) in [7, 11) is 0. The van der Waals surface area contributed by atoms with Gasteiger partial charge in [0.1, 0.15) is 13.2 Å². The Balaban J connectivity index is 4.38. The van der Waals surface area contributed by atoms with Crippen LogP contribution < -0.4 is 0 Å². The molecule has 0 N–H and O–H groups in total. The van der Waals surface area contributed by atoms with E-state index in [2.05, 4.69) is 81.5 Å². The first-order valence-corrected chi connectivity index (χ1v) is 22.3. The van der Waals surface area contributed by atoms with Crippen molar-refractivity contribution >= 4 is 17.9 Å². The van der Waals surface area contributed by atoms with Crippen molar-refractivity contribution in [3.63, 3.8) is 0 Å². The fraction of sp³-hybridized carbons (Fsp3) is 0.729. The van der Waals surface area contributed by atoms with Crippen molar-refractivity contribution in [1.29, 1.82) is 0 Å². The van der Waals surface area contributed by atoms with Crippen LogP contribution in [0.1, 0.15) is 207 Å². The second-order valence-electron chi connectivity index (χ2n) is 14.6. The molecule has 0 saturated heterocycles. The number of carbonyl (C=O) groups excluding carboxylic acids is 3. The van der Waals surface area contributed by atoms with Crippen LogP contribution in [0.5, 0.6) is 0 Å². The molecule has 1 atom stereocenters. The molecule has 0 aliphatic heterocycles. The van der Waals surface area contributed by atoms with Gasteiger partial charge in [0.2, 0.25) is 0 Å². The summed E-state index contributed by atoms with van der Waals surface area (Å²) in [5, 5.41) is 0. The maximum Gasteiger partial charge on any atom is 0.306 e. The van der Waals surface area contributed by atoms with Crippen LogP contribution in [0.4, 0.5) is 0 Å². The van der Waals surface area contributed by atoms with Crippen molar-refractivity contribution in [3.05, 3.63) is 60.8 Å². The zero-order valence-corrected chi connectivity index (χ0v) is 35.2. The van der Waals surface area contributed by atoms with Crippen LogP contribution in [0, 0.1) is 0 Å². The molecule has 0 aromatic rings. The molecule has 0 aromatic heterocycles. The maximum absolute atomic E-state index is 12.7. The van der Waals surface area contributed by atoms with E-state index in [1.807, 2.05) is 0 Å². The quantitative estimate of drug-likeness (QED) is 0.0269. The molecule has 54 heavy (non-hydrogen) atoms. The molecule has 1 unspecified atom stereocenters. The first-order valence-electron chi connectivity index (χ1n) is 22.3. The predicted octanol–water partition coefficient (Wildman–Crippen LogP) is 14.1. The zero-order valence-electron chi connectivity index (χ0n) is 35.2. The van der Waals surface area contributed by atoms with Crippen LogP contribution in [0.15, 0.2) is 60.8 Å². The summed E-state index contributed by atoms with van der Waals surface area (Å²) in [6, 6.07) is 0. The van der Waals surface area contributed by atoms with Gasteiger partial charge in [-0.2, -0.15) is 0 Å². The number of unbranched alkanes of at least 4 members (excludes halogenated alkanes) is 18. The summed E-state index contributed by atoms with van der Waals surface area (Å²) in [5.41, 5.74) is 0. The molecule has 0 radical (unpaired) electrons. The molecule has 0 aliphatic rings. The normalized spacial score (nSPS) is 12.6. The van der Waals surface area contributed by atoms with Gasteiger partial charge in [0.15, 0.2) is 6.10 Å². The molecule has 0 heterocycles. The summed E-state index contributed by atoms with van der Waals surface area (Å²) < 4.78 is 16.6. The first kappa shape index (κ1) is 51.1. The van der Waals surface area contributed by atoms with E-state index in [0.29, 0.717) is 19.3 Å². The topological polar surface area (TPSA) is 78.9 Å². The fourth-order valence-corrected chi connectivity index (χ4v) is 5.90. The van der Waals surface area contributed by atoms with E-state index in [1.165, 1.54) is 51.4 Å². The van der Waals surface area contributed by atoms with Gasteiger partial charge >= 0.3 is 17.9 Å². The van der Waals surface area contributed by atoms with Gasteiger partial charge in [0.25, 0.3) is 0 Å². The lowest BCUT2D eigenvalue weighted by atomic mass is 10.1. The molecule has 0 aromatic carbocycles. The van der Waals surface area contributed by atoms with E-state index >= 15 is 0 Å². The molecule has 0 saturated carbocycles. The monoisotopic (exact) mass is 755 g/mol. The van der Waals surface area contributed by atoms with Crippen LogP contribution in [-0.4, -0.2) is 37.2 Å². The summed E-state index contributed by atoms with van der Waals surface area (Å²) in [4.78, 5) is 37.6. The molecule has 6 heteroatoms. The van der Waals surface area contributed by atoms with Crippen molar-refractivity contribution in [2.75, 3.05) is 13.2 Å². The van der Waals surface area contributed by atoms with Crippen LogP contribution in [0.25, 0.3) is 0 Å². The Bertz CT molecular complexity index is 1010. The number of ether oxygens (including phenoxy) is 3. The second kappa shape index (κ2) is 42.8. The Morgan fingerprint density at radius 1 is 0.389 bits per heavy atom. The van der Waals surface area contributed by atoms with Gasteiger partial charge in [-0.25, -0.2) is 0 Å². The highest BCUT2D eigenvalue weighted by molar-refractivity contribution is 5.71. The van der Waals surface area contributed by atoms with E-state index in [-0.39, 0.29) is 31.1 Å². The number of esters is 3. The minimum absolute atomic E-state index is 0.0852. The van der Waals surface area contributed by atoms with E-state index < -0.39 is 6.10 Å². The van der Waals surface area contributed by atoms with Gasteiger partial charge in [0.05, 0.1) is 0 Å². The third-order valence-electron chi connectivity index (χ3n) is 9.24. The Labute approximate surface area is 332 Å². The zero-order chi connectivity index (χ0) is 39.4. The number of hydrogen-bond acceptors (Lipinski definition) is 6. The van der Waals surface area contributed by atoms with Crippen molar-refractivity contribution in [3.8, 4) is 0 Å². The maximum atomic E-state index is 12.7. The van der Waals surface area contributed by atoms with Crippen molar-refractivity contribution < 1.29 is 28.6 Å². The highest BCUT2D eigenvalue weighted by Gasteiger charge is 2.19. The molecular weight excluding hydrogens is 673 g/mol. The third kappa shape index (κ3) is 40.3. The Morgan fingerprint density at radius 2 is 0.759 bits per heavy atom. The number of allylic oxidation sites excluding steroid dienone is 10. The number of carbonyl (C=O) groups is 3. The lowest BCUT2D eigenvalue weighted by Crippen LogP contribution is -2.30. The van der Waals surface area contributed by atoms with Gasteiger partial charge in [-0.1, -0.05) is 171 Å². The summed E-state index contributed by atoms with van der Waals surface area (Å²) in [6.45, 7) is 6.39. The Morgan fingerprint density at radius 3 is 1.22 bits per heavy atom. The molecule has 6 nitrogen and oxygen atoms in total. The number of hydrogen-bond donors (Lipinski definition) is 0. The van der Waals surface area contributed by atoms with E-state index in [4.69, 9.17) is 14.2 Å². The van der Waals surface area contributed by atoms with E-state index in [9.17, 15) is 14.4 Å².